The molecule has 0 unspecified atom stereocenters. The van der Waals surface area contributed by atoms with Crippen LogP contribution in [0.3, 0.4) is 0 Å². The first-order valence-electron chi connectivity index (χ1n) is 8.20. The molecule has 0 saturated carbocycles. The summed E-state index contributed by atoms with van der Waals surface area (Å²) in [6, 6.07) is 8.98. The molecule has 138 valence electrons. The number of nitrogens with zero attached hydrogens (tertiary/aromatic N) is 2. The van der Waals surface area contributed by atoms with Crippen molar-refractivity contribution in [3.63, 3.8) is 0 Å². The minimum absolute atomic E-state index is 0.125. The third kappa shape index (κ3) is 5.63. The fourth-order valence-corrected chi connectivity index (χ4v) is 3.51. The Kier molecular flexibility index (Phi) is 6.56. The van der Waals surface area contributed by atoms with Gasteiger partial charge in [-0.2, -0.15) is 0 Å². The number of carbonyl (C=O) groups excluding carboxylic acids is 2. The zero-order valence-electron chi connectivity index (χ0n) is 14.6. The maximum absolute atomic E-state index is 12.3. The molecule has 0 bridgehead atoms. The topological polar surface area (TPSA) is 84.0 Å². The van der Waals surface area contributed by atoms with Gasteiger partial charge >= 0.3 is 0 Å². The molecule has 2 heterocycles. The number of hydrogen-bond donors (Lipinski definition) is 2. The lowest BCUT2D eigenvalue weighted by Gasteiger charge is -2.11. The standard InChI is InChI=1S/C19H18N4O2S2/c1-13-2-3-14(19(25)21-9-15-10-26-12-22-15)8-17(13)23-18(24)11-27-16-4-6-20-7-5-16/h2-8,10,12H,9,11H2,1H3,(H,21,25)(H,23,24). The smallest absolute Gasteiger partial charge is 0.251 e. The fourth-order valence-electron chi connectivity index (χ4n) is 2.27. The van der Waals surface area contributed by atoms with E-state index in [2.05, 4.69) is 20.6 Å². The quantitative estimate of drug-likeness (QED) is 0.595. The highest BCUT2D eigenvalue weighted by Crippen LogP contribution is 2.20. The van der Waals surface area contributed by atoms with E-state index < -0.39 is 0 Å². The van der Waals surface area contributed by atoms with Gasteiger partial charge in [0.15, 0.2) is 0 Å². The third-order valence-corrected chi connectivity index (χ3v) is 5.35. The van der Waals surface area contributed by atoms with E-state index in [-0.39, 0.29) is 17.6 Å². The number of thioether (sulfide) groups is 1. The van der Waals surface area contributed by atoms with Gasteiger partial charge in [0.2, 0.25) is 5.91 Å². The van der Waals surface area contributed by atoms with Crippen LogP contribution >= 0.6 is 23.1 Å². The number of nitrogens with one attached hydrogen (secondary N) is 2. The van der Waals surface area contributed by atoms with E-state index in [4.69, 9.17) is 0 Å². The van der Waals surface area contributed by atoms with Crippen molar-refractivity contribution in [2.24, 2.45) is 0 Å². The van der Waals surface area contributed by atoms with E-state index in [0.29, 0.717) is 17.8 Å². The maximum atomic E-state index is 12.3. The van der Waals surface area contributed by atoms with Crippen LogP contribution in [-0.2, 0) is 11.3 Å². The van der Waals surface area contributed by atoms with Gasteiger partial charge in [0, 0.05) is 33.9 Å². The van der Waals surface area contributed by atoms with E-state index in [9.17, 15) is 9.59 Å². The normalized spacial score (nSPS) is 10.4. The Morgan fingerprint density at radius 1 is 1.19 bits per heavy atom. The Labute approximate surface area is 165 Å². The molecule has 0 aliphatic heterocycles. The van der Waals surface area contributed by atoms with Crippen molar-refractivity contribution < 1.29 is 9.59 Å². The number of anilines is 1. The van der Waals surface area contributed by atoms with Crippen LogP contribution in [0.25, 0.3) is 0 Å². The van der Waals surface area contributed by atoms with Gasteiger partial charge < -0.3 is 10.6 Å². The minimum atomic E-state index is -0.204. The zero-order chi connectivity index (χ0) is 19.1. The molecule has 6 nitrogen and oxygen atoms in total. The highest BCUT2D eigenvalue weighted by Gasteiger charge is 2.11. The molecular weight excluding hydrogens is 380 g/mol. The van der Waals surface area contributed by atoms with Gasteiger partial charge in [0.25, 0.3) is 5.91 Å². The largest absolute Gasteiger partial charge is 0.346 e. The molecule has 8 heteroatoms. The van der Waals surface area contributed by atoms with E-state index in [1.165, 1.54) is 23.1 Å². The van der Waals surface area contributed by atoms with E-state index in [1.54, 1.807) is 30.0 Å². The number of amides is 2. The number of hydrogen-bond acceptors (Lipinski definition) is 6. The summed E-state index contributed by atoms with van der Waals surface area (Å²) in [6.45, 7) is 2.27. The molecule has 0 fully saturated rings. The molecule has 2 N–H and O–H groups in total. The molecule has 0 atom stereocenters. The Morgan fingerprint density at radius 3 is 2.74 bits per heavy atom. The van der Waals surface area contributed by atoms with Crippen molar-refractivity contribution in [3.8, 4) is 0 Å². The van der Waals surface area contributed by atoms with Crippen LogP contribution in [0.5, 0.6) is 0 Å². The summed E-state index contributed by atoms with van der Waals surface area (Å²) in [5, 5.41) is 7.60. The number of thiazole rings is 1. The molecule has 27 heavy (non-hydrogen) atoms. The Bertz CT molecular complexity index is 915. The lowest BCUT2D eigenvalue weighted by Crippen LogP contribution is -2.23. The van der Waals surface area contributed by atoms with Crippen LogP contribution in [0.1, 0.15) is 21.6 Å². The van der Waals surface area contributed by atoms with Crippen LogP contribution in [0.4, 0.5) is 5.69 Å². The average Bonchev–Trinajstić information content (AvgIpc) is 3.20. The number of pyridine rings is 1. The van der Waals surface area contributed by atoms with Crippen molar-refractivity contribution in [1.29, 1.82) is 0 Å². The molecule has 2 amide bonds. The molecule has 0 aliphatic rings. The predicted molar refractivity (Wildman–Crippen MR) is 108 cm³/mol. The van der Waals surface area contributed by atoms with E-state index >= 15 is 0 Å². The minimum Gasteiger partial charge on any atom is -0.346 e. The van der Waals surface area contributed by atoms with Gasteiger partial charge in [-0.05, 0) is 36.8 Å². The van der Waals surface area contributed by atoms with Gasteiger partial charge in [-0.15, -0.1) is 23.1 Å². The molecule has 3 rings (SSSR count). The second-order valence-corrected chi connectivity index (χ2v) is 7.48. The molecule has 1 aromatic carbocycles. The van der Waals surface area contributed by atoms with Crippen molar-refractivity contribution in [3.05, 3.63) is 70.4 Å². The first-order valence-corrected chi connectivity index (χ1v) is 10.1. The number of rotatable bonds is 7. The molecular formula is C19H18N4O2S2. The van der Waals surface area contributed by atoms with Crippen LogP contribution in [0.15, 0.2) is 58.5 Å². The summed E-state index contributed by atoms with van der Waals surface area (Å²) in [5.41, 5.74) is 4.57. The number of aryl methyl sites for hydroxylation is 1. The monoisotopic (exact) mass is 398 g/mol. The number of carbonyl (C=O) groups is 2. The third-order valence-electron chi connectivity index (χ3n) is 3.71. The maximum Gasteiger partial charge on any atom is 0.251 e. The molecule has 3 aromatic rings. The predicted octanol–water partition coefficient (Wildman–Crippen LogP) is 3.51. The van der Waals surface area contributed by atoms with E-state index in [0.717, 1.165) is 16.2 Å². The first kappa shape index (κ1) is 19.1. The first-order chi connectivity index (χ1) is 13.1. The summed E-state index contributed by atoms with van der Waals surface area (Å²) in [5.74, 6) is -0.0476. The van der Waals surface area contributed by atoms with Crippen molar-refractivity contribution in [2.75, 3.05) is 11.1 Å². The molecule has 0 saturated heterocycles. The summed E-state index contributed by atoms with van der Waals surface area (Å²) in [7, 11) is 0. The number of benzene rings is 1. The highest BCUT2D eigenvalue weighted by atomic mass is 32.2. The lowest BCUT2D eigenvalue weighted by molar-refractivity contribution is -0.113. The molecule has 2 aromatic heterocycles. The summed E-state index contributed by atoms with van der Waals surface area (Å²) >= 11 is 2.92. The Hall–Kier alpha value is -2.71. The van der Waals surface area contributed by atoms with Gasteiger partial charge in [0.05, 0.1) is 23.5 Å². The van der Waals surface area contributed by atoms with Crippen molar-refractivity contribution in [2.45, 2.75) is 18.4 Å². The summed E-state index contributed by atoms with van der Waals surface area (Å²) < 4.78 is 0. The molecule has 0 spiro atoms. The van der Waals surface area contributed by atoms with Crippen LogP contribution in [0.2, 0.25) is 0 Å². The van der Waals surface area contributed by atoms with Gasteiger partial charge in [-0.1, -0.05) is 6.07 Å². The lowest BCUT2D eigenvalue weighted by atomic mass is 10.1. The second-order valence-electron chi connectivity index (χ2n) is 5.71. The Balaban J connectivity index is 1.59. The van der Waals surface area contributed by atoms with E-state index in [1.807, 2.05) is 30.5 Å². The number of aromatic nitrogens is 2. The zero-order valence-corrected chi connectivity index (χ0v) is 16.3. The van der Waals surface area contributed by atoms with Crippen molar-refractivity contribution in [1.82, 2.24) is 15.3 Å². The van der Waals surface area contributed by atoms with Gasteiger partial charge in [-0.3, -0.25) is 14.6 Å². The van der Waals surface area contributed by atoms with Crippen LogP contribution in [-0.4, -0.2) is 27.5 Å². The Morgan fingerprint density at radius 2 is 2.00 bits per heavy atom. The molecule has 0 aliphatic carbocycles. The van der Waals surface area contributed by atoms with Crippen LogP contribution in [0, 0.1) is 6.92 Å². The fraction of sp³-hybridized carbons (Fsp3) is 0.158. The molecule has 0 radical (unpaired) electrons. The van der Waals surface area contributed by atoms with Crippen LogP contribution < -0.4 is 10.6 Å². The average molecular weight is 399 g/mol. The van der Waals surface area contributed by atoms with Gasteiger partial charge in [-0.25, -0.2) is 4.98 Å². The summed E-state index contributed by atoms with van der Waals surface area (Å²) in [6.07, 6.45) is 3.39. The summed E-state index contributed by atoms with van der Waals surface area (Å²) in [4.78, 5) is 33.7. The highest BCUT2D eigenvalue weighted by molar-refractivity contribution is 8.00. The second kappa shape index (κ2) is 9.29. The van der Waals surface area contributed by atoms with Crippen molar-refractivity contribution >= 4 is 40.6 Å². The van der Waals surface area contributed by atoms with Gasteiger partial charge in [0.1, 0.15) is 0 Å². The SMILES string of the molecule is Cc1ccc(C(=O)NCc2cscn2)cc1NC(=O)CSc1ccncc1.